The first-order valence-electron chi connectivity index (χ1n) is 5.50. The number of hydrogen-bond acceptors (Lipinski definition) is 5. The number of imidazole rings is 1. The van der Waals surface area contributed by atoms with E-state index in [1.807, 2.05) is 18.2 Å². The van der Waals surface area contributed by atoms with Crippen LogP contribution in [0.25, 0.3) is 10.2 Å². The van der Waals surface area contributed by atoms with Gasteiger partial charge in [-0.25, -0.2) is 9.97 Å². The number of amides is 1. The molecule has 3 rings (SSSR count). The molecule has 2 aromatic heterocycles. The Morgan fingerprint density at radius 2 is 2.37 bits per heavy atom. The van der Waals surface area contributed by atoms with Crippen LogP contribution in [0.1, 0.15) is 10.5 Å². The average molecular weight is 274 g/mol. The maximum Gasteiger partial charge on any atom is 0.275 e. The number of hydrogen-bond donors (Lipinski definition) is 2. The molecule has 96 valence electrons. The van der Waals surface area contributed by atoms with E-state index in [-0.39, 0.29) is 5.91 Å². The van der Waals surface area contributed by atoms with Crippen molar-refractivity contribution in [2.24, 2.45) is 0 Å². The predicted molar refractivity (Wildman–Crippen MR) is 72.7 cm³/mol. The Labute approximate surface area is 112 Å². The molecular weight excluding hydrogens is 264 g/mol. The third kappa shape index (κ3) is 2.27. The molecule has 0 aliphatic carbocycles. The minimum absolute atomic E-state index is 0.261. The highest BCUT2D eigenvalue weighted by molar-refractivity contribution is 7.22. The van der Waals surface area contributed by atoms with E-state index < -0.39 is 0 Å². The van der Waals surface area contributed by atoms with Crippen molar-refractivity contribution in [2.75, 3.05) is 12.4 Å². The Balaban J connectivity index is 1.87. The molecule has 0 saturated carbocycles. The van der Waals surface area contributed by atoms with Gasteiger partial charge in [0.1, 0.15) is 11.4 Å². The van der Waals surface area contributed by atoms with Gasteiger partial charge in [0, 0.05) is 0 Å². The van der Waals surface area contributed by atoms with Crippen molar-refractivity contribution >= 4 is 32.6 Å². The van der Waals surface area contributed by atoms with Gasteiger partial charge in [-0.2, -0.15) is 0 Å². The lowest BCUT2D eigenvalue weighted by Crippen LogP contribution is -2.11. The quantitative estimate of drug-likeness (QED) is 0.768. The SMILES string of the molecule is COc1ccc2nc(NC(=O)c3cnc[nH]3)sc2c1. The van der Waals surface area contributed by atoms with Crippen molar-refractivity contribution in [2.45, 2.75) is 0 Å². The summed E-state index contributed by atoms with van der Waals surface area (Å²) in [5.74, 6) is 0.506. The molecule has 0 bridgehead atoms. The minimum Gasteiger partial charge on any atom is -0.497 e. The number of anilines is 1. The molecule has 0 radical (unpaired) electrons. The van der Waals surface area contributed by atoms with Gasteiger partial charge in [0.25, 0.3) is 5.91 Å². The third-order valence-electron chi connectivity index (χ3n) is 2.56. The Bertz CT molecular complexity index is 720. The van der Waals surface area contributed by atoms with Gasteiger partial charge in [-0.1, -0.05) is 11.3 Å². The Morgan fingerprint density at radius 1 is 1.47 bits per heavy atom. The zero-order chi connectivity index (χ0) is 13.2. The first kappa shape index (κ1) is 11.7. The van der Waals surface area contributed by atoms with Crippen LogP contribution in [-0.4, -0.2) is 28.0 Å². The van der Waals surface area contributed by atoms with Gasteiger partial charge >= 0.3 is 0 Å². The fraction of sp³-hybridized carbons (Fsp3) is 0.0833. The van der Waals surface area contributed by atoms with E-state index in [0.717, 1.165) is 16.0 Å². The molecule has 0 fully saturated rings. The van der Waals surface area contributed by atoms with Crippen LogP contribution < -0.4 is 10.1 Å². The van der Waals surface area contributed by atoms with Crippen LogP contribution in [0.4, 0.5) is 5.13 Å². The summed E-state index contributed by atoms with van der Waals surface area (Å²) in [5, 5.41) is 3.27. The summed E-state index contributed by atoms with van der Waals surface area (Å²) in [5.41, 5.74) is 1.22. The number of thiazole rings is 1. The molecule has 2 N–H and O–H groups in total. The molecule has 0 atom stereocenters. The molecule has 0 spiro atoms. The fourth-order valence-electron chi connectivity index (χ4n) is 1.63. The maximum atomic E-state index is 11.8. The van der Waals surface area contributed by atoms with E-state index in [0.29, 0.717) is 10.8 Å². The lowest BCUT2D eigenvalue weighted by molar-refractivity contribution is 0.102. The first-order valence-corrected chi connectivity index (χ1v) is 6.32. The largest absolute Gasteiger partial charge is 0.497 e. The highest BCUT2D eigenvalue weighted by Crippen LogP contribution is 2.29. The molecule has 0 unspecified atom stereocenters. The Hall–Kier alpha value is -2.41. The summed E-state index contributed by atoms with van der Waals surface area (Å²) in [4.78, 5) is 22.7. The number of aromatic amines is 1. The van der Waals surface area contributed by atoms with Crippen LogP contribution in [0.5, 0.6) is 5.75 Å². The van der Waals surface area contributed by atoms with Gasteiger partial charge < -0.3 is 9.72 Å². The van der Waals surface area contributed by atoms with E-state index in [1.54, 1.807) is 7.11 Å². The average Bonchev–Trinajstić information content (AvgIpc) is 3.06. The lowest BCUT2D eigenvalue weighted by Gasteiger charge is -1.96. The number of fused-ring (bicyclic) bond motifs is 1. The number of benzene rings is 1. The number of nitrogens with one attached hydrogen (secondary N) is 2. The zero-order valence-corrected chi connectivity index (χ0v) is 10.8. The Kier molecular flexibility index (Phi) is 2.88. The molecule has 1 amide bonds. The summed E-state index contributed by atoms with van der Waals surface area (Å²) in [7, 11) is 1.61. The van der Waals surface area contributed by atoms with Crippen molar-refractivity contribution in [3.05, 3.63) is 36.4 Å². The van der Waals surface area contributed by atoms with Crippen LogP contribution in [0.3, 0.4) is 0 Å². The van der Waals surface area contributed by atoms with Crippen LogP contribution in [0.15, 0.2) is 30.7 Å². The highest BCUT2D eigenvalue weighted by Gasteiger charge is 2.11. The van der Waals surface area contributed by atoms with Gasteiger partial charge in [0.2, 0.25) is 0 Å². The number of methoxy groups -OCH3 is 1. The summed E-state index contributed by atoms with van der Waals surface area (Å²) in [6.07, 6.45) is 2.92. The standard InChI is InChI=1S/C12H10N4O2S/c1-18-7-2-3-8-10(4-7)19-12(15-8)16-11(17)9-5-13-6-14-9/h2-6H,1H3,(H,13,14)(H,15,16,17). The van der Waals surface area contributed by atoms with Gasteiger partial charge in [-0.3, -0.25) is 10.1 Å². The van der Waals surface area contributed by atoms with Crippen molar-refractivity contribution in [3.63, 3.8) is 0 Å². The maximum absolute atomic E-state index is 11.8. The molecular formula is C12H10N4O2S. The van der Waals surface area contributed by atoms with Crippen molar-refractivity contribution in [1.82, 2.24) is 15.0 Å². The van der Waals surface area contributed by atoms with Crippen LogP contribution in [-0.2, 0) is 0 Å². The third-order valence-corrected chi connectivity index (χ3v) is 3.49. The molecule has 3 aromatic rings. The monoisotopic (exact) mass is 274 g/mol. The highest BCUT2D eigenvalue weighted by atomic mass is 32.1. The molecule has 0 saturated heterocycles. The van der Waals surface area contributed by atoms with Crippen LogP contribution in [0, 0.1) is 0 Å². The summed E-state index contributed by atoms with van der Waals surface area (Å²) in [6.45, 7) is 0. The minimum atomic E-state index is -0.261. The molecule has 7 heteroatoms. The first-order chi connectivity index (χ1) is 9.26. The number of H-pyrrole nitrogens is 1. The van der Waals surface area contributed by atoms with Crippen molar-refractivity contribution in [3.8, 4) is 5.75 Å². The molecule has 0 aliphatic rings. The van der Waals surface area contributed by atoms with E-state index in [9.17, 15) is 4.79 Å². The second-order valence-corrected chi connectivity index (χ2v) is 4.80. The van der Waals surface area contributed by atoms with Gasteiger partial charge in [0.15, 0.2) is 5.13 Å². The van der Waals surface area contributed by atoms with E-state index in [1.165, 1.54) is 23.9 Å². The van der Waals surface area contributed by atoms with Gasteiger partial charge in [0.05, 0.1) is 29.9 Å². The molecule has 1 aromatic carbocycles. The summed E-state index contributed by atoms with van der Waals surface area (Å²) < 4.78 is 6.11. The van der Waals surface area contributed by atoms with Crippen molar-refractivity contribution in [1.29, 1.82) is 0 Å². The van der Waals surface area contributed by atoms with E-state index >= 15 is 0 Å². The normalized spacial score (nSPS) is 10.6. The van der Waals surface area contributed by atoms with Gasteiger partial charge in [-0.15, -0.1) is 0 Å². The van der Waals surface area contributed by atoms with Crippen LogP contribution >= 0.6 is 11.3 Å². The molecule has 0 aliphatic heterocycles. The number of ether oxygens (including phenoxy) is 1. The molecule has 19 heavy (non-hydrogen) atoms. The number of nitrogens with zero attached hydrogens (tertiary/aromatic N) is 2. The van der Waals surface area contributed by atoms with E-state index in [4.69, 9.17) is 4.74 Å². The molecule has 2 heterocycles. The fourth-order valence-corrected chi connectivity index (χ4v) is 2.52. The van der Waals surface area contributed by atoms with E-state index in [2.05, 4.69) is 20.3 Å². The summed E-state index contributed by atoms with van der Waals surface area (Å²) in [6, 6.07) is 5.58. The molecule has 6 nitrogen and oxygen atoms in total. The predicted octanol–water partition coefficient (Wildman–Crippen LogP) is 2.28. The zero-order valence-electron chi connectivity index (χ0n) is 10.0. The number of carbonyl (C=O) groups is 1. The van der Waals surface area contributed by atoms with Crippen LogP contribution in [0.2, 0.25) is 0 Å². The number of carbonyl (C=O) groups excluding carboxylic acids is 1. The second-order valence-electron chi connectivity index (χ2n) is 3.77. The Morgan fingerprint density at radius 3 is 3.11 bits per heavy atom. The number of rotatable bonds is 3. The second kappa shape index (κ2) is 4.69. The smallest absolute Gasteiger partial charge is 0.275 e. The number of aromatic nitrogens is 3. The summed E-state index contributed by atoms with van der Waals surface area (Å²) >= 11 is 1.40. The lowest BCUT2D eigenvalue weighted by atomic mass is 10.3. The topological polar surface area (TPSA) is 79.9 Å². The van der Waals surface area contributed by atoms with Gasteiger partial charge in [-0.05, 0) is 18.2 Å². The van der Waals surface area contributed by atoms with Crippen molar-refractivity contribution < 1.29 is 9.53 Å².